The first-order valence-electron chi connectivity index (χ1n) is 15.1. The SMILES string of the molecule is CCc1c(C(=O)NCc2c(C)cc(C)[nH]c2=O)cc2c(cnn2C)c1N(C(C)C)[C@H]1CC[C@H](N2CC(OC)C2)CC1. The quantitative estimate of drug-likeness (QED) is 0.405. The van der Waals surface area contributed by atoms with Crippen molar-refractivity contribution in [2.75, 3.05) is 25.1 Å². The van der Waals surface area contributed by atoms with Gasteiger partial charge in [-0.3, -0.25) is 19.2 Å². The van der Waals surface area contributed by atoms with Crippen LogP contribution in [0.5, 0.6) is 0 Å². The van der Waals surface area contributed by atoms with Gasteiger partial charge in [0.05, 0.1) is 23.5 Å². The molecule has 222 valence electrons. The van der Waals surface area contributed by atoms with Gasteiger partial charge in [-0.2, -0.15) is 5.10 Å². The predicted octanol–water partition coefficient (Wildman–Crippen LogP) is 4.23. The van der Waals surface area contributed by atoms with Crippen molar-refractivity contribution in [3.8, 4) is 0 Å². The predicted molar refractivity (Wildman–Crippen MR) is 164 cm³/mol. The molecule has 0 bridgehead atoms. The highest BCUT2D eigenvalue weighted by Crippen LogP contribution is 2.40. The van der Waals surface area contributed by atoms with Crippen LogP contribution >= 0.6 is 0 Å². The number of fused-ring (bicyclic) bond motifs is 1. The normalized spacial score (nSPS) is 20.0. The molecule has 9 heteroatoms. The zero-order chi connectivity index (χ0) is 29.4. The van der Waals surface area contributed by atoms with Crippen molar-refractivity contribution in [2.24, 2.45) is 7.05 Å². The number of pyridine rings is 1. The molecular formula is C32H46N6O3. The van der Waals surface area contributed by atoms with E-state index in [1.54, 1.807) is 0 Å². The minimum Gasteiger partial charge on any atom is -0.379 e. The van der Waals surface area contributed by atoms with Gasteiger partial charge in [0.15, 0.2) is 0 Å². The summed E-state index contributed by atoms with van der Waals surface area (Å²) < 4.78 is 7.36. The van der Waals surface area contributed by atoms with E-state index in [0.717, 1.165) is 65.8 Å². The molecule has 0 unspecified atom stereocenters. The summed E-state index contributed by atoms with van der Waals surface area (Å²) in [5, 5.41) is 8.76. The van der Waals surface area contributed by atoms with Gasteiger partial charge in [0.25, 0.3) is 11.5 Å². The highest BCUT2D eigenvalue weighted by Gasteiger charge is 2.37. The van der Waals surface area contributed by atoms with Crippen molar-refractivity contribution in [2.45, 2.75) is 97.5 Å². The summed E-state index contributed by atoms with van der Waals surface area (Å²) in [5.41, 5.74) is 5.90. The summed E-state index contributed by atoms with van der Waals surface area (Å²) >= 11 is 0. The molecule has 1 aliphatic heterocycles. The number of hydrogen-bond acceptors (Lipinski definition) is 6. The molecular weight excluding hydrogens is 516 g/mol. The van der Waals surface area contributed by atoms with Gasteiger partial charge < -0.3 is 19.9 Å². The Bertz CT molecular complexity index is 1460. The number of aromatic nitrogens is 3. The minimum absolute atomic E-state index is 0.154. The van der Waals surface area contributed by atoms with Gasteiger partial charge in [0, 0.05) is 74.1 Å². The Balaban J connectivity index is 1.46. The molecule has 1 saturated heterocycles. The van der Waals surface area contributed by atoms with Crippen LogP contribution in [0.1, 0.15) is 79.2 Å². The van der Waals surface area contributed by atoms with Gasteiger partial charge in [-0.15, -0.1) is 0 Å². The van der Waals surface area contributed by atoms with Crippen LogP contribution in [0.15, 0.2) is 23.1 Å². The molecule has 0 spiro atoms. The van der Waals surface area contributed by atoms with E-state index >= 15 is 0 Å². The Labute approximate surface area is 243 Å². The van der Waals surface area contributed by atoms with Gasteiger partial charge >= 0.3 is 0 Å². The number of carbonyl (C=O) groups is 1. The van der Waals surface area contributed by atoms with Gasteiger partial charge in [-0.25, -0.2) is 0 Å². The zero-order valence-corrected chi connectivity index (χ0v) is 25.7. The van der Waals surface area contributed by atoms with E-state index in [1.807, 2.05) is 51.0 Å². The molecule has 1 amide bonds. The highest BCUT2D eigenvalue weighted by molar-refractivity contribution is 6.05. The third-order valence-corrected chi connectivity index (χ3v) is 9.25. The number of nitrogens with one attached hydrogen (secondary N) is 2. The second-order valence-electron chi connectivity index (χ2n) is 12.2. The van der Waals surface area contributed by atoms with E-state index in [2.05, 4.69) is 46.0 Å². The van der Waals surface area contributed by atoms with Crippen LogP contribution in [0.3, 0.4) is 0 Å². The second kappa shape index (κ2) is 12.0. The molecule has 0 radical (unpaired) electrons. The first-order valence-corrected chi connectivity index (χ1v) is 15.1. The molecule has 41 heavy (non-hydrogen) atoms. The number of ether oxygens (including phenoxy) is 1. The number of rotatable bonds is 9. The fraction of sp³-hybridized carbons (Fsp3) is 0.594. The van der Waals surface area contributed by atoms with E-state index in [1.165, 1.54) is 12.8 Å². The topological polar surface area (TPSA) is 95.5 Å². The standard InChI is InChI=1S/C32H46N6O3/c1-8-25-26(31(39)33-15-27-20(4)13-21(5)35-32(27)40)14-29-28(16-34-36(29)6)30(25)38(19(2)3)23-11-9-22(10-12-23)37-17-24(18-37)41-7/h13-14,16,19,22-24H,8-12,15,17-18H2,1-7H3,(H,33,39)(H,35,40)/t22-,23-. The summed E-state index contributed by atoms with van der Waals surface area (Å²) in [4.78, 5) is 34.4. The van der Waals surface area contributed by atoms with Crippen LogP contribution in [0, 0.1) is 13.8 Å². The van der Waals surface area contributed by atoms with Crippen LogP contribution in [-0.4, -0.2) is 70.0 Å². The van der Waals surface area contributed by atoms with Gasteiger partial charge in [0.1, 0.15) is 0 Å². The largest absolute Gasteiger partial charge is 0.379 e. The average Bonchev–Trinajstić information content (AvgIpc) is 3.28. The maximum atomic E-state index is 13.8. The first kappa shape index (κ1) is 29.3. The van der Waals surface area contributed by atoms with Gasteiger partial charge in [-0.05, 0) is 83.1 Å². The maximum absolute atomic E-state index is 13.8. The van der Waals surface area contributed by atoms with E-state index in [4.69, 9.17) is 4.74 Å². The molecule has 0 atom stereocenters. The van der Waals surface area contributed by atoms with E-state index in [9.17, 15) is 9.59 Å². The molecule has 3 aromatic rings. The summed E-state index contributed by atoms with van der Waals surface area (Å²) in [6.07, 6.45) is 7.64. The van der Waals surface area contributed by atoms with Crippen LogP contribution in [0.2, 0.25) is 0 Å². The average molecular weight is 563 g/mol. The highest BCUT2D eigenvalue weighted by atomic mass is 16.5. The number of aromatic amines is 1. The van der Waals surface area contributed by atoms with Gasteiger partial charge in [-0.1, -0.05) is 6.92 Å². The van der Waals surface area contributed by atoms with E-state index < -0.39 is 0 Å². The smallest absolute Gasteiger partial charge is 0.253 e. The summed E-state index contributed by atoms with van der Waals surface area (Å²) in [6, 6.07) is 5.19. The lowest BCUT2D eigenvalue weighted by Crippen LogP contribution is -2.57. The number of hydrogen-bond donors (Lipinski definition) is 2. The van der Waals surface area contributed by atoms with Crippen molar-refractivity contribution >= 4 is 22.5 Å². The molecule has 2 aliphatic rings. The Morgan fingerprint density at radius 2 is 1.88 bits per heavy atom. The fourth-order valence-electron chi connectivity index (χ4n) is 7.02. The van der Waals surface area contributed by atoms with Crippen LogP contribution < -0.4 is 15.8 Å². The van der Waals surface area contributed by atoms with Crippen molar-refractivity contribution in [1.82, 2.24) is 25.0 Å². The van der Waals surface area contributed by atoms with Crippen LogP contribution in [-0.2, 0) is 24.8 Å². The monoisotopic (exact) mass is 562 g/mol. The lowest BCUT2D eigenvalue weighted by molar-refractivity contribution is -0.0579. The lowest BCUT2D eigenvalue weighted by Gasteiger charge is -2.48. The van der Waals surface area contributed by atoms with E-state index in [0.29, 0.717) is 29.3 Å². The number of anilines is 1. The van der Waals surface area contributed by atoms with Gasteiger partial charge in [0.2, 0.25) is 0 Å². The molecule has 9 nitrogen and oxygen atoms in total. The number of likely N-dealkylation sites (tertiary alicyclic amines) is 1. The summed E-state index contributed by atoms with van der Waals surface area (Å²) in [6.45, 7) is 12.7. The Morgan fingerprint density at radius 3 is 2.49 bits per heavy atom. The fourth-order valence-corrected chi connectivity index (χ4v) is 7.02. The number of nitrogens with zero attached hydrogens (tertiary/aromatic N) is 4. The molecule has 1 saturated carbocycles. The Kier molecular flexibility index (Phi) is 8.57. The lowest BCUT2D eigenvalue weighted by atomic mass is 9.86. The molecule has 2 aromatic heterocycles. The number of aryl methyl sites for hydroxylation is 3. The minimum atomic E-state index is -0.163. The van der Waals surface area contributed by atoms with Crippen LogP contribution in [0.4, 0.5) is 5.69 Å². The number of methoxy groups -OCH3 is 1. The molecule has 1 aromatic carbocycles. The maximum Gasteiger partial charge on any atom is 0.253 e. The van der Waals surface area contributed by atoms with Crippen molar-refractivity contribution in [3.63, 3.8) is 0 Å². The molecule has 3 heterocycles. The number of amides is 1. The van der Waals surface area contributed by atoms with E-state index in [-0.39, 0.29) is 24.1 Å². The first-order chi connectivity index (χ1) is 19.6. The summed E-state index contributed by atoms with van der Waals surface area (Å²) in [5.74, 6) is -0.163. The third kappa shape index (κ3) is 5.66. The molecule has 2 fully saturated rings. The van der Waals surface area contributed by atoms with Crippen molar-refractivity contribution < 1.29 is 9.53 Å². The van der Waals surface area contributed by atoms with Crippen molar-refractivity contribution in [3.05, 3.63) is 56.6 Å². The number of H-pyrrole nitrogens is 1. The summed E-state index contributed by atoms with van der Waals surface area (Å²) in [7, 11) is 3.74. The number of benzene rings is 1. The number of carbonyl (C=O) groups excluding carboxylic acids is 1. The molecule has 2 N–H and O–H groups in total. The third-order valence-electron chi connectivity index (χ3n) is 9.25. The molecule has 1 aliphatic carbocycles. The Hall–Kier alpha value is -3.17. The Morgan fingerprint density at radius 1 is 1.17 bits per heavy atom. The zero-order valence-electron chi connectivity index (χ0n) is 25.7. The van der Waals surface area contributed by atoms with Crippen LogP contribution in [0.25, 0.3) is 10.9 Å². The van der Waals surface area contributed by atoms with Crippen molar-refractivity contribution in [1.29, 1.82) is 0 Å². The molecule has 5 rings (SSSR count). The second-order valence-corrected chi connectivity index (χ2v) is 12.2.